The molecule has 1 aromatic carbocycles. The smallest absolute Gasteiger partial charge is 0.0541 e. The van der Waals surface area contributed by atoms with Gasteiger partial charge in [0.25, 0.3) is 0 Å². The van der Waals surface area contributed by atoms with Gasteiger partial charge in [0, 0.05) is 11.0 Å². The minimum atomic E-state index is -1.68. The highest BCUT2D eigenvalue weighted by molar-refractivity contribution is 5.26. The molecule has 0 unspecified atom stereocenters. The zero-order chi connectivity index (χ0) is 16.7. The number of aliphatic hydroxyl groups excluding tert-OH is 1. The van der Waals surface area contributed by atoms with Crippen LogP contribution < -0.4 is 0 Å². The molecule has 2 nitrogen and oxygen atoms in total. The van der Waals surface area contributed by atoms with Crippen LogP contribution in [0.15, 0.2) is 30.3 Å². The highest BCUT2D eigenvalue weighted by Crippen LogP contribution is 2.43. The number of nitrogens with zero attached hydrogens (tertiary/aromatic N) is 1. The molecule has 1 aromatic rings. The Hall–Kier alpha value is -0.860. The number of hydrogen-bond acceptors (Lipinski definition) is 2. The molecule has 1 saturated heterocycles. The Morgan fingerprint density at radius 2 is 1.68 bits per heavy atom. The Morgan fingerprint density at radius 3 is 2.32 bits per heavy atom. The second-order valence-corrected chi connectivity index (χ2v) is 5.63. The first-order chi connectivity index (χ1) is 10.8. The van der Waals surface area contributed by atoms with Crippen LogP contribution in [0.25, 0.3) is 0 Å². The molecular weight excluding hydrogens is 234 g/mol. The topological polar surface area (TPSA) is 23.5 Å². The van der Waals surface area contributed by atoms with E-state index in [1.807, 2.05) is 30.3 Å². The van der Waals surface area contributed by atoms with Crippen molar-refractivity contribution in [3.8, 4) is 0 Å². The minimum absolute atomic E-state index is 0.351. The first kappa shape index (κ1) is 9.15. The van der Waals surface area contributed by atoms with Crippen LogP contribution in [0, 0.1) is 0 Å². The first-order valence-corrected chi connectivity index (χ1v) is 7.32. The van der Waals surface area contributed by atoms with E-state index in [4.69, 9.17) is 5.48 Å². The van der Waals surface area contributed by atoms with Crippen molar-refractivity contribution in [2.75, 3.05) is 13.0 Å². The zero-order valence-electron chi connectivity index (χ0n) is 15.3. The Kier molecular flexibility index (Phi) is 2.71. The summed E-state index contributed by atoms with van der Waals surface area (Å²) in [7, 11) is 0. The maximum atomic E-state index is 9.94. The van der Waals surface area contributed by atoms with Crippen LogP contribution in [-0.2, 0) is 5.54 Å². The predicted molar refractivity (Wildman–Crippen MR) is 78.0 cm³/mol. The summed E-state index contributed by atoms with van der Waals surface area (Å²) < 4.78 is 34.0. The van der Waals surface area contributed by atoms with E-state index in [2.05, 4.69) is 0 Å². The van der Waals surface area contributed by atoms with E-state index in [1.165, 1.54) is 4.90 Å². The normalized spacial score (nSPS) is 41.6. The van der Waals surface area contributed by atoms with Gasteiger partial charge in [0.1, 0.15) is 0 Å². The predicted octanol–water partition coefficient (Wildman–Crippen LogP) is 3.30. The fraction of sp³-hybridized carbons (Fsp3) is 0.647. The van der Waals surface area contributed by atoms with Crippen molar-refractivity contribution in [1.82, 2.24) is 4.90 Å². The van der Waals surface area contributed by atoms with Crippen LogP contribution in [0.4, 0.5) is 0 Å². The first-order valence-electron chi connectivity index (χ1n) is 9.32. The van der Waals surface area contributed by atoms with Crippen molar-refractivity contribution in [3.05, 3.63) is 35.9 Å². The molecule has 0 spiro atoms. The maximum Gasteiger partial charge on any atom is 0.0541 e. The monoisotopic (exact) mass is 263 g/mol. The Bertz CT molecular complexity index is 525. The average Bonchev–Trinajstić information content (AvgIpc) is 2.49. The molecule has 19 heavy (non-hydrogen) atoms. The SMILES string of the molecule is [2H]C1([2H])CCCC([2H])([2H])N1C1(c2ccccc2)CCC(O)CC1. The molecule has 104 valence electrons. The molecule has 1 heterocycles. The van der Waals surface area contributed by atoms with Gasteiger partial charge in [-0.2, -0.15) is 0 Å². The van der Waals surface area contributed by atoms with E-state index in [0.29, 0.717) is 44.9 Å². The van der Waals surface area contributed by atoms with Crippen molar-refractivity contribution in [1.29, 1.82) is 0 Å². The Labute approximate surface area is 122 Å². The lowest BCUT2D eigenvalue weighted by Crippen LogP contribution is -2.51. The molecule has 1 N–H and O–H groups in total. The highest BCUT2D eigenvalue weighted by Gasteiger charge is 2.41. The van der Waals surface area contributed by atoms with Gasteiger partial charge in [0.05, 0.1) is 6.10 Å². The average molecular weight is 263 g/mol. The molecule has 0 bridgehead atoms. The fourth-order valence-electron chi connectivity index (χ4n) is 3.30. The second kappa shape index (κ2) is 5.64. The van der Waals surface area contributed by atoms with Gasteiger partial charge >= 0.3 is 0 Å². The molecule has 1 aliphatic heterocycles. The standard InChI is InChI=1S/C17H25NO/c19-16-9-11-17(12-10-16,15-7-3-1-4-8-15)18-13-5-2-6-14-18/h1,3-4,7-8,16,19H,2,5-6,9-14H2/i13D2,14D2. The van der Waals surface area contributed by atoms with Gasteiger partial charge in [-0.15, -0.1) is 0 Å². The molecule has 1 aliphatic carbocycles. The van der Waals surface area contributed by atoms with E-state index < -0.39 is 18.5 Å². The number of hydrogen-bond donors (Lipinski definition) is 1. The van der Waals surface area contributed by atoms with E-state index in [-0.39, 0.29) is 6.10 Å². The third kappa shape index (κ3) is 2.56. The van der Waals surface area contributed by atoms with Crippen molar-refractivity contribution in [2.24, 2.45) is 0 Å². The van der Waals surface area contributed by atoms with Crippen molar-refractivity contribution >= 4 is 0 Å². The molecule has 2 heteroatoms. The van der Waals surface area contributed by atoms with Gasteiger partial charge in [0.2, 0.25) is 0 Å². The summed E-state index contributed by atoms with van der Waals surface area (Å²) in [4.78, 5) is 1.50. The van der Waals surface area contributed by atoms with Crippen LogP contribution >= 0.6 is 0 Å². The lowest BCUT2D eigenvalue weighted by atomic mass is 9.73. The quantitative estimate of drug-likeness (QED) is 0.885. The van der Waals surface area contributed by atoms with Crippen molar-refractivity contribution in [3.63, 3.8) is 0 Å². The molecule has 0 radical (unpaired) electrons. The number of rotatable bonds is 2. The second-order valence-electron chi connectivity index (χ2n) is 5.63. The van der Waals surface area contributed by atoms with Gasteiger partial charge in [-0.1, -0.05) is 36.8 Å². The maximum absolute atomic E-state index is 9.94. The molecule has 0 atom stereocenters. The summed E-state index contributed by atoms with van der Waals surface area (Å²) in [6, 6.07) is 9.72. The number of benzene rings is 1. The zero-order valence-corrected chi connectivity index (χ0v) is 11.3. The van der Waals surface area contributed by atoms with E-state index in [9.17, 15) is 5.11 Å². The summed E-state index contributed by atoms with van der Waals surface area (Å²) in [5, 5.41) is 9.94. The molecule has 1 saturated carbocycles. The number of aliphatic hydroxyl groups is 1. The molecular formula is C17H25NO. The van der Waals surface area contributed by atoms with E-state index >= 15 is 0 Å². The molecule has 2 aliphatic rings. The number of piperidine rings is 1. The van der Waals surface area contributed by atoms with E-state index in [0.717, 1.165) is 5.56 Å². The van der Waals surface area contributed by atoms with Gasteiger partial charge in [-0.25, -0.2) is 0 Å². The largest absolute Gasteiger partial charge is 0.393 e. The summed E-state index contributed by atoms with van der Waals surface area (Å²) in [6.07, 6.45) is 3.22. The minimum Gasteiger partial charge on any atom is -0.393 e. The molecule has 2 fully saturated rings. The van der Waals surface area contributed by atoms with Crippen molar-refractivity contribution in [2.45, 2.75) is 56.6 Å². The van der Waals surface area contributed by atoms with Gasteiger partial charge in [-0.05, 0) is 57.1 Å². The lowest BCUT2D eigenvalue weighted by Gasteiger charge is -2.49. The summed E-state index contributed by atoms with van der Waals surface area (Å²) in [6.45, 7) is -3.36. The molecule has 0 aromatic heterocycles. The van der Waals surface area contributed by atoms with E-state index in [1.54, 1.807) is 0 Å². The van der Waals surface area contributed by atoms with Gasteiger partial charge < -0.3 is 5.11 Å². The third-order valence-electron chi connectivity index (χ3n) is 4.41. The van der Waals surface area contributed by atoms with Crippen LogP contribution in [0.1, 0.15) is 56.0 Å². The number of likely N-dealkylation sites (tertiary alicyclic amines) is 1. The summed E-state index contributed by atoms with van der Waals surface area (Å²) >= 11 is 0. The van der Waals surface area contributed by atoms with Gasteiger partial charge in [-0.3, -0.25) is 4.90 Å². The van der Waals surface area contributed by atoms with Crippen LogP contribution in [0.3, 0.4) is 0 Å². The van der Waals surface area contributed by atoms with Crippen LogP contribution in [0.2, 0.25) is 0 Å². The summed E-state index contributed by atoms with van der Waals surface area (Å²) in [5.74, 6) is 0. The third-order valence-corrected chi connectivity index (χ3v) is 4.41. The molecule has 0 amide bonds. The Balaban J connectivity index is 2.11. The fourth-order valence-corrected chi connectivity index (χ4v) is 3.30. The van der Waals surface area contributed by atoms with Gasteiger partial charge in [0.15, 0.2) is 0 Å². The molecule has 3 rings (SSSR count). The van der Waals surface area contributed by atoms with Crippen molar-refractivity contribution < 1.29 is 10.6 Å². The Morgan fingerprint density at radius 1 is 1.05 bits per heavy atom. The summed E-state index contributed by atoms with van der Waals surface area (Å²) in [5.41, 5.74) is 0.273. The lowest BCUT2D eigenvalue weighted by molar-refractivity contribution is -0.00747. The van der Waals surface area contributed by atoms with Crippen LogP contribution in [-0.4, -0.2) is 29.1 Å². The van der Waals surface area contributed by atoms with Crippen LogP contribution in [0.5, 0.6) is 0 Å². The highest BCUT2D eigenvalue weighted by atomic mass is 16.3.